The molecule has 1 amide bonds. The number of benzene rings is 1. The second-order valence-corrected chi connectivity index (χ2v) is 6.49. The molecule has 0 aromatic heterocycles. The van der Waals surface area contributed by atoms with Crippen LogP contribution in [0.25, 0.3) is 0 Å². The maximum atomic E-state index is 12.5. The van der Waals surface area contributed by atoms with Crippen molar-refractivity contribution in [2.45, 2.75) is 37.3 Å². The van der Waals surface area contributed by atoms with Gasteiger partial charge in [-0.2, -0.15) is 0 Å². The quantitative estimate of drug-likeness (QED) is 0.849. The number of carbonyl (C=O) groups excluding carboxylic acids is 1. The molecule has 1 aliphatic heterocycles. The van der Waals surface area contributed by atoms with Crippen LogP contribution < -0.4 is 10.5 Å². The van der Waals surface area contributed by atoms with Crippen LogP contribution in [-0.2, 0) is 4.79 Å². The first kappa shape index (κ1) is 16.2. The number of amides is 1. The molecule has 3 unspecified atom stereocenters. The molecule has 2 rings (SSSR count). The minimum absolute atomic E-state index is 0.0485. The van der Waals surface area contributed by atoms with Crippen LogP contribution >= 0.6 is 11.8 Å². The molecule has 1 aromatic rings. The summed E-state index contributed by atoms with van der Waals surface area (Å²) in [6.07, 6.45) is 2.55. The standard InChI is InChI=1S/C16H24N2O2S/c1-11-8-13(9-17)10-18(11)16(19)12(2)20-14-4-6-15(21-3)7-5-14/h4-7,11-13H,8-10,17H2,1-3H3. The Kier molecular flexibility index (Phi) is 5.53. The van der Waals surface area contributed by atoms with Crippen LogP contribution in [0.4, 0.5) is 0 Å². The third kappa shape index (κ3) is 3.92. The summed E-state index contributed by atoms with van der Waals surface area (Å²) >= 11 is 1.68. The molecule has 0 aliphatic carbocycles. The number of likely N-dealkylation sites (tertiary alicyclic amines) is 1. The highest BCUT2D eigenvalue weighted by Gasteiger charge is 2.34. The van der Waals surface area contributed by atoms with E-state index in [0.29, 0.717) is 12.5 Å². The van der Waals surface area contributed by atoms with Gasteiger partial charge in [-0.25, -0.2) is 0 Å². The van der Waals surface area contributed by atoms with Crippen molar-refractivity contribution in [2.24, 2.45) is 11.7 Å². The molecular weight excluding hydrogens is 284 g/mol. The summed E-state index contributed by atoms with van der Waals surface area (Å²) in [5.41, 5.74) is 5.71. The Bertz CT molecular complexity index is 478. The summed E-state index contributed by atoms with van der Waals surface area (Å²) in [6, 6.07) is 8.06. The molecule has 0 saturated carbocycles. The first-order chi connectivity index (χ1) is 10.0. The molecule has 0 bridgehead atoms. The van der Waals surface area contributed by atoms with Crippen molar-refractivity contribution in [1.29, 1.82) is 0 Å². The Balaban J connectivity index is 1.95. The van der Waals surface area contributed by atoms with Crippen molar-refractivity contribution < 1.29 is 9.53 Å². The predicted octanol–water partition coefficient (Wildman–Crippen LogP) is 2.37. The van der Waals surface area contributed by atoms with Crippen molar-refractivity contribution in [3.05, 3.63) is 24.3 Å². The van der Waals surface area contributed by atoms with Crippen LogP contribution in [0.1, 0.15) is 20.3 Å². The first-order valence-corrected chi connectivity index (χ1v) is 8.59. The summed E-state index contributed by atoms with van der Waals surface area (Å²) < 4.78 is 5.77. The van der Waals surface area contributed by atoms with Gasteiger partial charge in [0.05, 0.1) is 0 Å². The molecule has 2 N–H and O–H groups in total. The number of hydrogen-bond acceptors (Lipinski definition) is 4. The van der Waals surface area contributed by atoms with E-state index >= 15 is 0 Å². The number of ether oxygens (including phenoxy) is 1. The number of nitrogens with zero attached hydrogens (tertiary/aromatic N) is 1. The van der Waals surface area contributed by atoms with Crippen LogP contribution in [-0.4, -0.2) is 42.3 Å². The summed E-state index contributed by atoms with van der Waals surface area (Å²) in [4.78, 5) is 15.6. The zero-order chi connectivity index (χ0) is 15.4. The third-order valence-corrected chi connectivity index (χ3v) is 4.74. The zero-order valence-corrected chi connectivity index (χ0v) is 13.7. The molecule has 1 aromatic carbocycles. The van der Waals surface area contributed by atoms with E-state index < -0.39 is 6.10 Å². The molecule has 1 saturated heterocycles. The molecule has 0 radical (unpaired) electrons. The smallest absolute Gasteiger partial charge is 0.263 e. The van der Waals surface area contributed by atoms with Crippen molar-refractivity contribution in [2.75, 3.05) is 19.3 Å². The fourth-order valence-electron chi connectivity index (χ4n) is 2.76. The number of thioether (sulfide) groups is 1. The fourth-order valence-corrected chi connectivity index (χ4v) is 3.17. The number of hydrogen-bond donors (Lipinski definition) is 1. The Morgan fingerprint density at radius 1 is 1.48 bits per heavy atom. The van der Waals surface area contributed by atoms with Crippen LogP contribution in [0.5, 0.6) is 5.75 Å². The largest absolute Gasteiger partial charge is 0.481 e. The molecule has 5 heteroatoms. The lowest BCUT2D eigenvalue weighted by atomic mass is 10.1. The van der Waals surface area contributed by atoms with Crippen LogP contribution in [0.15, 0.2) is 29.2 Å². The van der Waals surface area contributed by atoms with Gasteiger partial charge in [-0.3, -0.25) is 4.79 Å². The van der Waals surface area contributed by atoms with Gasteiger partial charge in [-0.05, 0) is 63.3 Å². The van der Waals surface area contributed by atoms with Gasteiger partial charge in [0.2, 0.25) is 0 Å². The first-order valence-electron chi connectivity index (χ1n) is 7.36. The monoisotopic (exact) mass is 308 g/mol. The highest BCUT2D eigenvalue weighted by Crippen LogP contribution is 2.24. The molecule has 21 heavy (non-hydrogen) atoms. The molecule has 1 heterocycles. The summed E-state index contributed by atoms with van der Waals surface area (Å²) in [7, 11) is 0. The Hall–Kier alpha value is -1.20. The third-order valence-electron chi connectivity index (χ3n) is 4.00. The maximum Gasteiger partial charge on any atom is 0.263 e. The second kappa shape index (κ2) is 7.18. The molecule has 0 spiro atoms. The molecule has 116 valence electrons. The fraction of sp³-hybridized carbons (Fsp3) is 0.562. The van der Waals surface area contributed by atoms with E-state index in [1.807, 2.05) is 42.3 Å². The van der Waals surface area contributed by atoms with Gasteiger partial charge < -0.3 is 15.4 Å². The van der Waals surface area contributed by atoms with Gasteiger partial charge in [0.1, 0.15) is 5.75 Å². The Labute approximate surface area is 131 Å². The lowest BCUT2D eigenvalue weighted by molar-refractivity contribution is -0.138. The van der Waals surface area contributed by atoms with E-state index in [2.05, 4.69) is 6.92 Å². The predicted molar refractivity (Wildman–Crippen MR) is 86.6 cm³/mol. The molecule has 3 atom stereocenters. The Morgan fingerprint density at radius 2 is 2.14 bits per heavy atom. The average molecular weight is 308 g/mol. The van der Waals surface area contributed by atoms with Crippen LogP contribution in [0.2, 0.25) is 0 Å². The van der Waals surface area contributed by atoms with Gasteiger partial charge in [-0.1, -0.05) is 0 Å². The van der Waals surface area contributed by atoms with Crippen molar-refractivity contribution in [3.63, 3.8) is 0 Å². The molecular formula is C16H24N2O2S. The topological polar surface area (TPSA) is 55.6 Å². The normalized spacial score (nSPS) is 23.1. The lowest BCUT2D eigenvalue weighted by Gasteiger charge is -2.25. The van der Waals surface area contributed by atoms with Gasteiger partial charge >= 0.3 is 0 Å². The highest BCUT2D eigenvalue weighted by molar-refractivity contribution is 7.98. The molecule has 1 aliphatic rings. The molecule has 1 fully saturated rings. The van der Waals surface area contributed by atoms with Gasteiger partial charge in [-0.15, -0.1) is 11.8 Å². The minimum atomic E-state index is -0.468. The number of rotatable bonds is 5. The van der Waals surface area contributed by atoms with E-state index in [9.17, 15) is 4.79 Å². The van der Waals surface area contributed by atoms with Gasteiger partial charge in [0.25, 0.3) is 5.91 Å². The van der Waals surface area contributed by atoms with Crippen molar-refractivity contribution in [3.8, 4) is 5.75 Å². The van der Waals surface area contributed by atoms with Gasteiger partial charge in [0.15, 0.2) is 6.10 Å². The van der Waals surface area contributed by atoms with E-state index in [4.69, 9.17) is 10.5 Å². The van der Waals surface area contributed by atoms with E-state index in [-0.39, 0.29) is 11.9 Å². The summed E-state index contributed by atoms with van der Waals surface area (Å²) in [6.45, 7) is 5.27. The average Bonchev–Trinajstić information content (AvgIpc) is 2.88. The molecule has 4 nitrogen and oxygen atoms in total. The van der Waals surface area contributed by atoms with Crippen LogP contribution in [0.3, 0.4) is 0 Å². The van der Waals surface area contributed by atoms with E-state index in [0.717, 1.165) is 18.7 Å². The second-order valence-electron chi connectivity index (χ2n) is 5.61. The van der Waals surface area contributed by atoms with E-state index in [1.165, 1.54) is 4.90 Å². The highest BCUT2D eigenvalue weighted by atomic mass is 32.2. The number of carbonyl (C=O) groups is 1. The van der Waals surface area contributed by atoms with E-state index in [1.54, 1.807) is 11.8 Å². The lowest BCUT2D eigenvalue weighted by Crippen LogP contribution is -2.42. The van der Waals surface area contributed by atoms with Gasteiger partial charge in [0, 0.05) is 17.5 Å². The van der Waals surface area contributed by atoms with Crippen LogP contribution in [0, 0.1) is 5.92 Å². The van der Waals surface area contributed by atoms with Crippen molar-refractivity contribution in [1.82, 2.24) is 4.90 Å². The number of nitrogens with two attached hydrogens (primary N) is 1. The minimum Gasteiger partial charge on any atom is -0.481 e. The van der Waals surface area contributed by atoms with Crippen molar-refractivity contribution >= 4 is 17.7 Å². The summed E-state index contributed by atoms with van der Waals surface area (Å²) in [5.74, 6) is 1.19. The Morgan fingerprint density at radius 3 is 2.67 bits per heavy atom. The SMILES string of the molecule is CSc1ccc(OC(C)C(=O)N2CC(CN)CC2C)cc1. The maximum absolute atomic E-state index is 12.5. The summed E-state index contributed by atoms with van der Waals surface area (Å²) in [5, 5.41) is 0. The zero-order valence-electron chi connectivity index (χ0n) is 12.9.